The van der Waals surface area contributed by atoms with E-state index in [1.807, 2.05) is 54.6 Å². The largest absolute Gasteiger partial charge is 0.270 e. The summed E-state index contributed by atoms with van der Waals surface area (Å²) in [5.41, 5.74) is 2.67. The number of hydrogen-bond donors (Lipinski definition) is 0. The van der Waals surface area contributed by atoms with Gasteiger partial charge in [0.1, 0.15) is 18.2 Å². The minimum Gasteiger partial charge on any atom is -0.258 e. The Morgan fingerprint density at radius 3 is 2.32 bits per heavy atom. The molecule has 7 nitrogen and oxygen atoms in total. The topological polar surface area (TPSA) is 86.7 Å². The molecule has 0 amide bonds. The van der Waals surface area contributed by atoms with E-state index in [4.69, 9.17) is 0 Å². The van der Waals surface area contributed by atoms with Crippen LogP contribution in [0.3, 0.4) is 0 Å². The molecule has 0 spiro atoms. The molecule has 0 aliphatic heterocycles. The first kappa shape index (κ1) is 17.5. The van der Waals surface area contributed by atoms with Gasteiger partial charge in [-0.05, 0) is 33.2 Å². The molecule has 1 heterocycles. The van der Waals surface area contributed by atoms with Crippen molar-refractivity contribution in [3.8, 4) is 11.1 Å². The summed E-state index contributed by atoms with van der Waals surface area (Å²) in [6.07, 6.45) is 1.36. The van der Waals surface area contributed by atoms with Crippen molar-refractivity contribution in [2.45, 2.75) is 6.04 Å². The number of hydrogen-bond acceptors (Lipinski definition) is 5. The fraction of sp³-hybridized carbons (Fsp3) is 0.0500. The summed E-state index contributed by atoms with van der Waals surface area (Å²) < 4.78 is 16.0. The van der Waals surface area contributed by atoms with Crippen molar-refractivity contribution < 1.29 is 9.31 Å². The highest BCUT2D eigenvalue weighted by molar-refractivity contribution is 5.63. The van der Waals surface area contributed by atoms with Gasteiger partial charge in [0.2, 0.25) is 0 Å². The predicted molar refractivity (Wildman–Crippen MR) is 100.0 cm³/mol. The third-order valence-electron chi connectivity index (χ3n) is 4.45. The Morgan fingerprint density at radius 2 is 1.68 bits per heavy atom. The summed E-state index contributed by atoms with van der Waals surface area (Å²) in [5, 5.41) is 22.3. The maximum absolute atomic E-state index is 14.6. The minimum atomic E-state index is -0.736. The maximum atomic E-state index is 14.6. The van der Waals surface area contributed by atoms with E-state index in [9.17, 15) is 14.5 Å². The standard InChI is InChI=1S/C20H14FN5O2/c21-19-11-10-17(26(27)28)12-18(19)20(25-13-22-23-24-25)16-8-6-15(7-9-16)14-4-2-1-3-5-14/h1-13,20H. The molecule has 0 radical (unpaired) electrons. The molecule has 0 fully saturated rings. The number of non-ortho nitro benzene ring substituents is 1. The summed E-state index contributed by atoms with van der Waals surface area (Å²) in [6, 6.07) is 20.0. The van der Waals surface area contributed by atoms with E-state index in [2.05, 4.69) is 15.5 Å². The van der Waals surface area contributed by atoms with Crippen LogP contribution in [0.1, 0.15) is 17.2 Å². The van der Waals surface area contributed by atoms with E-state index in [0.29, 0.717) is 5.56 Å². The molecule has 1 atom stereocenters. The van der Waals surface area contributed by atoms with E-state index >= 15 is 0 Å². The molecule has 28 heavy (non-hydrogen) atoms. The molecule has 4 aromatic rings. The third kappa shape index (κ3) is 3.35. The SMILES string of the molecule is O=[N+]([O-])c1ccc(F)c(C(c2ccc(-c3ccccc3)cc2)n2cnnn2)c1. The monoisotopic (exact) mass is 375 g/mol. The van der Waals surface area contributed by atoms with E-state index in [-0.39, 0.29) is 11.3 Å². The van der Waals surface area contributed by atoms with Crippen LogP contribution in [0.2, 0.25) is 0 Å². The van der Waals surface area contributed by atoms with Gasteiger partial charge >= 0.3 is 0 Å². The van der Waals surface area contributed by atoms with E-state index in [1.165, 1.54) is 17.1 Å². The van der Waals surface area contributed by atoms with E-state index < -0.39 is 16.8 Å². The number of tetrazole rings is 1. The van der Waals surface area contributed by atoms with Crippen LogP contribution in [-0.2, 0) is 0 Å². The number of benzene rings is 3. The zero-order valence-corrected chi connectivity index (χ0v) is 14.5. The van der Waals surface area contributed by atoms with Crippen LogP contribution in [0.15, 0.2) is 79.1 Å². The highest BCUT2D eigenvalue weighted by Gasteiger charge is 2.24. The van der Waals surface area contributed by atoms with Gasteiger partial charge in [-0.1, -0.05) is 54.6 Å². The van der Waals surface area contributed by atoms with Gasteiger partial charge < -0.3 is 0 Å². The van der Waals surface area contributed by atoms with Crippen molar-refractivity contribution in [2.24, 2.45) is 0 Å². The van der Waals surface area contributed by atoms with Gasteiger partial charge in [0.25, 0.3) is 5.69 Å². The van der Waals surface area contributed by atoms with Gasteiger partial charge in [-0.15, -0.1) is 5.10 Å². The Bertz CT molecular complexity index is 1100. The Morgan fingerprint density at radius 1 is 0.964 bits per heavy atom. The van der Waals surface area contributed by atoms with Crippen molar-refractivity contribution in [1.82, 2.24) is 20.2 Å². The molecule has 3 aromatic carbocycles. The molecule has 0 saturated heterocycles. The second kappa shape index (κ2) is 7.36. The molecule has 138 valence electrons. The van der Waals surface area contributed by atoms with Crippen LogP contribution in [0.5, 0.6) is 0 Å². The highest BCUT2D eigenvalue weighted by atomic mass is 19.1. The summed E-state index contributed by atoms with van der Waals surface area (Å²) in [7, 11) is 0. The Kier molecular flexibility index (Phi) is 4.59. The number of nitro groups is 1. The lowest BCUT2D eigenvalue weighted by Crippen LogP contribution is -2.15. The first-order valence-corrected chi connectivity index (χ1v) is 8.45. The normalized spacial score (nSPS) is 11.9. The maximum Gasteiger partial charge on any atom is 0.270 e. The predicted octanol–water partition coefficient (Wildman–Crippen LogP) is 4.03. The average molecular weight is 375 g/mol. The average Bonchev–Trinajstić information content (AvgIpc) is 3.25. The molecule has 0 saturated carbocycles. The van der Waals surface area contributed by atoms with Crippen molar-refractivity contribution >= 4 is 5.69 Å². The highest BCUT2D eigenvalue weighted by Crippen LogP contribution is 2.31. The molecule has 4 rings (SSSR count). The van der Waals surface area contributed by atoms with Gasteiger partial charge in [0.05, 0.1) is 4.92 Å². The molecule has 0 aliphatic carbocycles. The fourth-order valence-electron chi connectivity index (χ4n) is 3.10. The van der Waals surface area contributed by atoms with Crippen molar-refractivity contribution in [2.75, 3.05) is 0 Å². The molecule has 1 unspecified atom stereocenters. The number of nitrogens with zero attached hydrogens (tertiary/aromatic N) is 5. The second-order valence-electron chi connectivity index (χ2n) is 6.14. The lowest BCUT2D eigenvalue weighted by atomic mass is 9.95. The van der Waals surface area contributed by atoms with Crippen LogP contribution in [-0.4, -0.2) is 25.1 Å². The van der Waals surface area contributed by atoms with E-state index in [1.54, 1.807) is 0 Å². The van der Waals surface area contributed by atoms with Crippen LogP contribution < -0.4 is 0 Å². The minimum absolute atomic E-state index is 0.119. The molecule has 0 aliphatic rings. The van der Waals surface area contributed by atoms with Crippen molar-refractivity contribution in [1.29, 1.82) is 0 Å². The molecular weight excluding hydrogens is 361 g/mol. The van der Waals surface area contributed by atoms with Gasteiger partial charge in [-0.25, -0.2) is 9.07 Å². The fourth-order valence-corrected chi connectivity index (χ4v) is 3.10. The Hall–Kier alpha value is -3.94. The second-order valence-corrected chi connectivity index (χ2v) is 6.14. The van der Waals surface area contributed by atoms with Crippen LogP contribution in [0, 0.1) is 15.9 Å². The molecule has 1 aromatic heterocycles. The molecule has 0 N–H and O–H groups in total. The summed E-state index contributed by atoms with van der Waals surface area (Å²) in [5.74, 6) is -0.571. The third-order valence-corrected chi connectivity index (χ3v) is 4.45. The van der Waals surface area contributed by atoms with Crippen LogP contribution in [0.25, 0.3) is 11.1 Å². The van der Waals surface area contributed by atoms with Crippen LogP contribution in [0.4, 0.5) is 10.1 Å². The summed E-state index contributed by atoms with van der Waals surface area (Å²) in [6.45, 7) is 0. The summed E-state index contributed by atoms with van der Waals surface area (Å²) >= 11 is 0. The molecular formula is C20H14FN5O2. The number of rotatable bonds is 5. The van der Waals surface area contributed by atoms with Gasteiger partial charge in [0.15, 0.2) is 0 Å². The van der Waals surface area contributed by atoms with E-state index in [0.717, 1.165) is 23.3 Å². The van der Waals surface area contributed by atoms with Gasteiger partial charge in [-0.2, -0.15) is 0 Å². The first-order chi connectivity index (χ1) is 13.6. The number of nitro benzene ring substituents is 1. The van der Waals surface area contributed by atoms with Gasteiger partial charge in [-0.3, -0.25) is 10.1 Å². The summed E-state index contributed by atoms with van der Waals surface area (Å²) in [4.78, 5) is 10.6. The molecule has 8 heteroatoms. The Labute approximate surface area is 159 Å². The van der Waals surface area contributed by atoms with Gasteiger partial charge in [0, 0.05) is 17.7 Å². The zero-order chi connectivity index (χ0) is 19.5. The molecule has 0 bridgehead atoms. The lowest BCUT2D eigenvalue weighted by molar-refractivity contribution is -0.385. The zero-order valence-electron chi connectivity index (χ0n) is 14.5. The first-order valence-electron chi connectivity index (χ1n) is 8.45. The van der Waals surface area contributed by atoms with Crippen molar-refractivity contribution in [3.63, 3.8) is 0 Å². The smallest absolute Gasteiger partial charge is 0.258 e. The number of halogens is 1. The quantitative estimate of drug-likeness (QED) is 0.388. The van der Waals surface area contributed by atoms with Crippen molar-refractivity contribution in [3.05, 3.63) is 106 Å². The number of aromatic nitrogens is 4. The lowest BCUT2D eigenvalue weighted by Gasteiger charge is -2.18. The van der Waals surface area contributed by atoms with Crippen LogP contribution >= 0.6 is 0 Å². The Balaban J connectivity index is 1.80.